The second-order valence-electron chi connectivity index (χ2n) is 2.84. The Hall–Kier alpha value is -1.09. The summed E-state index contributed by atoms with van der Waals surface area (Å²) in [5, 5.41) is 3.30. The highest BCUT2D eigenvalue weighted by molar-refractivity contribution is 5.36. The summed E-state index contributed by atoms with van der Waals surface area (Å²) >= 11 is 0. The molecule has 1 N–H and O–H groups in total. The van der Waals surface area contributed by atoms with Crippen molar-refractivity contribution in [1.29, 1.82) is 0 Å². The first kappa shape index (κ1) is 7.55. The Morgan fingerprint density at radius 3 is 2.92 bits per heavy atom. The summed E-state index contributed by atoms with van der Waals surface area (Å²) in [6.45, 7) is 4.16. The molecule has 1 saturated heterocycles. The van der Waals surface area contributed by atoms with E-state index >= 15 is 0 Å². The zero-order valence-corrected chi connectivity index (χ0v) is 6.95. The van der Waals surface area contributed by atoms with Crippen LogP contribution in [0.3, 0.4) is 0 Å². The van der Waals surface area contributed by atoms with Gasteiger partial charge in [-0.05, 0) is 12.1 Å². The molecular formula is C9H12N3. The van der Waals surface area contributed by atoms with Gasteiger partial charge < -0.3 is 10.2 Å². The Kier molecular flexibility index (Phi) is 2.23. The fraction of sp³-hybridized carbons (Fsp3) is 0.444. The molecule has 0 unspecified atom stereocenters. The molecule has 3 heteroatoms. The van der Waals surface area contributed by atoms with Crippen molar-refractivity contribution < 1.29 is 0 Å². The number of anilines is 1. The van der Waals surface area contributed by atoms with E-state index in [9.17, 15) is 0 Å². The molecule has 63 valence electrons. The molecule has 2 heterocycles. The van der Waals surface area contributed by atoms with E-state index in [1.165, 1.54) is 0 Å². The lowest BCUT2D eigenvalue weighted by atomic mass is 10.3. The molecule has 0 bridgehead atoms. The number of nitrogens with zero attached hydrogens (tertiary/aromatic N) is 2. The fourth-order valence-corrected chi connectivity index (χ4v) is 1.37. The van der Waals surface area contributed by atoms with Crippen LogP contribution in [0.25, 0.3) is 0 Å². The molecule has 0 aliphatic carbocycles. The van der Waals surface area contributed by atoms with Gasteiger partial charge in [0.05, 0.1) is 0 Å². The SMILES string of the molecule is [c]1cccnc1N1CCNCC1. The van der Waals surface area contributed by atoms with Gasteiger partial charge in [-0.3, -0.25) is 0 Å². The van der Waals surface area contributed by atoms with Crippen LogP contribution < -0.4 is 10.2 Å². The van der Waals surface area contributed by atoms with Gasteiger partial charge in [-0.2, -0.15) is 0 Å². The highest BCUT2D eigenvalue weighted by Crippen LogP contribution is 2.07. The smallest absolute Gasteiger partial charge is 0.136 e. The minimum Gasteiger partial charge on any atom is -0.354 e. The van der Waals surface area contributed by atoms with E-state index in [1.807, 2.05) is 18.3 Å². The molecule has 1 aromatic rings. The van der Waals surface area contributed by atoms with Crippen molar-refractivity contribution in [3.8, 4) is 0 Å². The van der Waals surface area contributed by atoms with Crippen molar-refractivity contribution in [2.75, 3.05) is 31.1 Å². The molecule has 12 heavy (non-hydrogen) atoms. The van der Waals surface area contributed by atoms with E-state index in [4.69, 9.17) is 0 Å². The van der Waals surface area contributed by atoms with Gasteiger partial charge in [0.2, 0.25) is 0 Å². The largest absolute Gasteiger partial charge is 0.354 e. The van der Waals surface area contributed by atoms with Gasteiger partial charge in [-0.25, -0.2) is 4.98 Å². The minimum atomic E-state index is 0.971. The van der Waals surface area contributed by atoms with Crippen LogP contribution >= 0.6 is 0 Å². The maximum Gasteiger partial charge on any atom is 0.136 e. The number of nitrogens with one attached hydrogen (secondary N) is 1. The normalized spacial score (nSPS) is 17.8. The molecule has 1 fully saturated rings. The van der Waals surface area contributed by atoms with Gasteiger partial charge in [0.1, 0.15) is 5.82 Å². The molecule has 1 aromatic heterocycles. The molecule has 0 spiro atoms. The van der Waals surface area contributed by atoms with Gasteiger partial charge in [0.15, 0.2) is 0 Å². The second kappa shape index (κ2) is 3.54. The average Bonchev–Trinajstić information content (AvgIpc) is 2.21. The first-order valence-electron chi connectivity index (χ1n) is 4.25. The summed E-state index contributed by atoms with van der Waals surface area (Å²) in [4.78, 5) is 6.49. The highest BCUT2D eigenvalue weighted by atomic mass is 15.2. The average molecular weight is 162 g/mol. The highest BCUT2D eigenvalue weighted by Gasteiger charge is 2.10. The zero-order valence-electron chi connectivity index (χ0n) is 6.95. The quantitative estimate of drug-likeness (QED) is 0.643. The molecule has 0 amide bonds. The summed E-state index contributed by atoms with van der Waals surface area (Å²) in [5.41, 5.74) is 0. The molecule has 0 saturated carbocycles. The van der Waals surface area contributed by atoms with Gasteiger partial charge in [-0.15, -0.1) is 0 Å². The number of piperazine rings is 1. The topological polar surface area (TPSA) is 28.2 Å². The Balaban J connectivity index is 2.08. The van der Waals surface area contributed by atoms with Crippen molar-refractivity contribution in [3.63, 3.8) is 0 Å². The van der Waals surface area contributed by atoms with Crippen molar-refractivity contribution in [2.24, 2.45) is 0 Å². The van der Waals surface area contributed by atoms with Crippen molar-refractivity contribution in [1.82, 2.24) is 10.3 Å². The Morgan fingerprint density at radius 1 is 1.42 bits per heavy atom. The van der Waals surface area contributed by atoms with Crippen LogP contribution in [0.5, 0.6) is 0 Å². The number of aromatic nitrogens is 1. The van der Waals surface area contributed by atoms with Crippen LogP contribution in [0.1, 0.15) is 0 Å². The Labute approximate surface area is 72.4 Å². The second-order valence-corrected chi connectivity index (χ2v) is 2.84. The molecule has 1 aliphatic rings. The maximum absolute atomic E-state index is 4.24. The van der Waals surface area contributed by atoms with E-state index in [0.717, 1.165) is 32.0 Å². The Morgan fingerprint density at radius 2 is 2.25 bits per heavy atom. The molecule has 0 aromatic carbocycles. The number of hydrogen-bond donors (Lipinski definition) is 1. The third-order valence-electron chi connectivity index (χ3n) is 2.01. The van der Waals surface area contributed by atoms with Gasteiger partial charge in [0.25, 0.3) is 0 Å². The van der Waals surface area contributed by atoms with Crippen LogP contribution in [0.15, 0.2) is 18.3 Å². The van der Waals surface area contributed by atoms with Crippen LogP contribution in [0.2, 0.25) is 0 Å². The monoisotopic (exact) mass is 162 g/mol. The van der Waals surface area contributed by atoms with E-state index in [2.05, 4.69) is 21.3 Å². The van der Waals surface area contributed by atoms with Crippen LogP contribution in [0, 0.1) is 6.07 Å². The number of pyridine rings is 1. The van der Waals surface area contributed by atoms with Crippen molar-refractivity contribution in [2.45, 2.75) is 0 Å². The van der Waals surface area contributed by atoms with E-state index in [-0.39, 0.29) is 0 Å². The van der Waals surface area contributed by atoms with E-state index < -0.39 is 0 Å². The predicted molar refractivity (Wildman–Crippen MR) is 48.2 cm³/mol. The number of rotatable bonds is 1. The zero-order chi connectivity index (χ0) is 8.23. The van der Waals surface area contributed by atoms with Gasteiger partial charge >= 0.3 is 0 Å². The van der Waals surface area contributed by atoms with E-state index in [0.29, 0.717) is 0 Å². The third kappa shape index (κ3) is 1.56. The lowest BCUT2D eigenvalue weighted by Gasteiger charge is -2.27. The lowest BCUT2D eigenvalue weighted by molar-refractivity contribution is 0.585. The number of hydrogen-bond acceptors (Lipinski definition) is 3. The minimum absolute atomic E-state index is 0.971. The summed E-state index contributed by atoms with van der Waals surface area (Å²) in [6, 6.07) is 6.93. The van der Waals surface area contributed by atoms with Gasteiger partial charge in [0, 0.05) is 38.4 Å². The van der Waals surface area contributed by atoms with Crippen LogP contribution in [-0.4, -0.2) is 31.2 Å². The molecule has 1 aliphatic heterocycles. The molecule has 2 rings (SSSR count). The maximum atomic E-state index is 4.24. The van der Waals surface area contributed by atoms with Crippen LogP contribution in [0.4, 0.5) is 5.82 Å². The standard InChI is InChI=1S/C9H12N3/c1-2-4-11-9(3-1)12-7-5-10-6-8-12/h1-2,4,10H,5-8H2. The third-order valence-corrected chi connectivity index (χ3v) is 2.01. The molecule has 1 radical (unpaired) electrons. The lowest BCUT2D eigenvalue weighted by Crippen LogP contribution is -2.43. The molecular weight excluding hydrogens is 150 g/mol. The predicted octanol–water partition coefficient (Wildman–Crippen LogP) is 0.291. The van der Waals surface area contributed by atoms with Gasteiger partial charge in [-0.1, -0.05) is 0 Å². The first-order valence-corrected chi connectivity index (χ1v) is 4.25. The van der Waals surface area contributed by atoms with Crippen molar-refractivity contribution in [3.05, 3.63) is 24.4 Å². The van der Waals surface area contributed by atoms with Crippen LogP contribution in [-0.2, 0) is 0 Å². The summed E-state index contributed by atoms with van der Waals surface area (Å²) in [7, 11) is 0. The fourth-order valence-electron chi connectivity index (χ4n) is 1.37. The Bertz CT molecular complexity index is 229. The summed E-state index contributed by atoms with van der Waals surface area (Å²) in [6.07, 6.45) is 1.81. The summed E-state index contributed by atoms with van der Waals surface area (Å²) in [5.74, 6) is 0.971. The molecule has 3 nitrogen and oxygen atoms in total. The first-order chi connectivity index (χ1) is 5.97. The van der Waals surface area contributed by atoms with Crippen molar-refractivity contribution >= 4 is 5.82 Å². The van der Waals surface area contributed by atoms with E-state index in [1.54, 1.807) is 0 Å². The molecule has 0 atom stereocenters. The summed E-state index contributed by atoms with van der Waals surface area (Å²) < 4.78 is 0.